The molecule has 0 radical (unpaired) electrons. The number of benzene rings is 2. The molecule has 3 aromatic rings. The summed E-state index contributed by atoms with van der Waals surface area (Å²) in [7, 11) is -3.30. The van der Waals surface area contributed by atoms with Crippen molar-refractivity contribution in [3.63, 3.8) is 0 Å². The maximum atomic E-state index is 12.6. The first-order chi connectivity index (χ1) is 11.6. The topological polar surface area (TPSA) is 59.1 Å². The van der Waals surface area contributed by atoms with Crippen molar-refractivity contribution in [2.24, 2.45) is 0 Å². The lowest BCUT2D eigenvalue weighted by molar-refractivity contribution is -0.137. The van der Waals surface area contributed by atoms with E-state index in [2.05, 4.69) is 10.3 Å². The van der Waals surface area contributed by atoms with Crippen LogP contribution >= 0.6 is 0 Å². The highest BCUT2D eigenvalue weighted by atomic mass is 32.2. The Labute approximate surface area is 142 Å². The number of pyridine rings is 1. The van der Waals surface area contributed by atoms with Crippen LogP contribution in [0.15, 0.2) is 59.5 Å². The van der Waals surface area contributed by atoms with E-state index in [9.17, 15) is 21.6 Å². The van der Waals surface area contributed by atoms with Gasteiger partial charge >= 0.3 is 6.18 Å². The molecule has 1 N–H and O–H groups in total. The standard InChI is InChI=1S/C17H13F3N2O2S/c1-25(23,24)14-7-8-15-11(10-14)2-9-16(22-15)21-13-5-3-12(4-6-13)17(18,19)20/h2-10H,1H3,(H,21,22). The Hall–Kier alpha value is -2.61. The maximum absolute atomic E-state index is 12.6. The van der Waals surface area contributed by atoms with E-state index in [4.69, 9.17) is 0 Å². The number of hydrogen-bond donors (Lipinski definition) is 1. The summed E-state index contributed by atoms with van der Waals surface area (Å²) in [4.78, 5) is 4.54. The smallest absolute Gasteiger partial charge is 0.340 e. The van der Waals surface area contributed by atoms with Crippen molar-refractivity contribution in [3.05, 3.63) is 60.2 Å². The van der Waals surface area contributed by atoms with Crippen LogP contribution in [0.5, 0.6) is 0 Å². The lowest BCUT2D eigenvalue weighted by atomic mass is 10.2. The third-order valence-corrected chi connectivity index (χ3v) is 4.68. The molecule has 0 spiro atoms. The molecule has 25 heavy (non-hydrogen) atoms. The van der Waals surface area contributed by atoms with Crippen molar-refractivity contribution in [2.45, 2.75) is 11.1 Å². The lowest BCUT2D eigenvalue weighted by Gasteiger charge is -2.10. The zero-order valence-corrected chi connectivity index (χ0v) is 13.8. The highest BCUT2D eigenvalue weighted by Crippen LogP contribution is 2.30. The Kier molecular flexibility index (Phi) is 4.16. The van der Waals surface area contributed by atoms with Crippen LogP contribution in [0.4, 0.5) is 24.7 Å². The normalized spacial score (nSPS) is 12.3. The molecule has 0 fully saturated rings. The molecule has 0 aliphatic rings. The van der Waals surface area contributed by atoms with Gasteiger partial charge in [0.2, 0.25) is 0 Å². The molecule has 0 bridgehead atoms. The van der Waals surface area contributed by atoms with Gasteiger partial charge in [0, 0.05) is 17.3 Å². The van der Waals surface area contributed by atoms with E-state index in [-0.39, 0.29) is 4.90 Å². The molecule has 2 aromatic carbocycles. The van der Waals surface area contributed by atoms with Crippen LogP contribution in [0.3, 0.4) is 0 Å². The minimum Gasteiger partial charge on any atom is -0.340 e. The van der Waals surface area contributed by atoms with E-state index >= 15 is 0 Å². The van der Waals surface area contributed by atoms with E-state index in [1.165, 1.54) is 24.3 Å². The molecule has 8 heteroatoms. The summed E-state index contributed by atoms with van der Waals surface area (Å²) in [5.41, 5.74) is 0.315. The molecule has 3 rings (SSSR count). The van der Waals surface area contributed by atoms with Crippen molar-refractivity contribution in [2.75, 3.05) is 11.6 Å². The number of rotatable bonds is 3. The number of nitrogens with zero attached hydrogens (tertiary/aromatic N) is 1. The first-order valence-electron chi connectivity index (χ1n) is 7.18. The summed E-state index contributed by atoms with van der Waals surface area (Å²) < 4.78 is 60.8. The van der Waals surface area contributed by atoms with Gasteiger partial charge in [-0.3, -0.25) is 0 Å². The minimum absolute atomic E-state index is 0.199. The van der Waals surface area contributed by atoms with Crippen molar-refractivity contribution in [3.8, 4) is 0 Å². The van der Waals surface area contributed by atoms with Crippen molar-refractivity contribution >= 4 is 32.2 Å². The predicted octanol–water partition coefficient (Wildman–Crippen LogP) is 4.40. The fourth-order valence-electron chi connectivity index (χ4n) is 2.29. The summed E-state index contributed by atoms with van der Waals surface area (Å²) >= 11 is 0. The van der Waals surface area contributed by atoms with Gasteiger partial charge in [-0.05, 0) is 54.6 Å². The number of anilines is 2. The summed E-state index contributed by atoms with van der Waals surface area (Å²) in [5, 5.41) is 3.58. The summed E-state index contributed by atoms with van der Waals surface area (Å²) in [6.45, 7) is 0. The van der Waals surface area contributed by atoms with Crippen molar-refractivity contribution in [1.82, 2.24) is 4.98 Å². The third-order valence-electron chi connectivity index (χ3n) is 3.57. The van der Waals surface area contributed by atoms with Crippen LogP contribution < -0.4 is 5.32 Å². The average Bonchev–Trinajstić information content (AvgIpc) is 2.53. The summed E-state index contributed by atoms with van der Waals surface area (Å²) in [5.74, 6) is 0.444. The number of aromatic nitrogens is 1. The molecule has 130 valence electrons. The van der Waals surface area contributed by atoms with Crippen LogP contribution in [0.25, 0.3) is 10.9 Å². The molecule has 1 aromatic heterocycles. The van der Waals surface area contributed by atoms with Gasteiger partial charge in [-0.25, -0.2) is 13.4 Å². The number of fused-ring (bicyclic) bond motifs is 1. The quantitative estimate of drug-likeness (QED) is 0.746. The highest BCUT2D eigenvalue weighted by Gasteiger charge is 2.29. The molecule has 4 nitrogen and oxygen atoms in total. The Morgan fingerprint density at radius 1 is 0.960 bits per heavy atom. The molecular formula is C17H13F3N2O2S. The first-order valence-corrected chi connectivity index (χ1v) is 9.07. The van der Waals surface area contributed by atoms with Gasteiger partial charge in [0.1, 0.15) is 5.82 Å². The van der Waals surface area contributed by atoms with E-state index in [0.29, 0.717) is 22.4 Å². The maximum Gasteiger partial charge on any atom is 0.416 e. The van der Waals surface area contributed by atoms with Crippen LogP contribution in [0.2, 0.25) is 0 Å². The fourth-order valence-corrected chi connectivity index (χ4v) is 2.95. The highest BCUT2D eigenvalue weighted by molar-refractivity contribution is 7.90. The zero-order chi connectivity index (χ0) is 18.2. The second-order valence-electron chi connectivity index (χ2n) is 5.52. The number of sulfone groups is 1. The van der Waals surface area contributed by atoms with Gasteiger partial charge in [-0.1, -0.05) is 0 Å². The number of nitrogens with one attached hydrogen (secondary N) is 1. The Balaban J connectivity index is 1.87. The zero-order valence-electron chi connectivity index (χ0n) is 13.0. The summed E-state index contributed by atoms with van der Waals surface area (Å²) in [6.07, 6.45) is -3.25. The van der Waals surface area contributed by atoms with Gasteiger partial charge in [0.05, 0.1) is 16.0 Å². The molecule has 0 saturated carbocycles. The monoisotopic (exact) mass is 366 g/mol. The predicted molar refractivity (Wildman–Crippen MR) is 89.6 cm³/mol. The van der Waals surface area contributed by atoms with Gasteiger partial charge in [0.15, 0.2) is 9.84 Å². The third kappa shape index (κ3) is 3.90. The molecule has 0 unspecified atom stereocenters. The first kappa shape index (κ1) is 17.2. The second-order valence-corrected chi connectivity index (χ2v) is 7.54. The average molecular weight is 366 g/mol. The molecule has 0 atom stereocenters. The number of alkyl halides is 3. The van der Waals surface area contributed by atoms with Crippen molar-refractivity contribution in [1.29, 1.82) is 0 Å². The van der Waals surface area contributed by atoms with Crippen LogP contribution in [-0.4, -0.2) is 19.7 Å². The lowest BCUT2D eigenvalue weighted by Crippen LogP contribution is -2.04. The van der Waals surface area contributed by atoms with E-state index in [1.807, 2.05) is 0 Å². The van der Waals surface area contributed by atoms with Crippen LogP contribution in [-0.2, 0) is 16.0 Å². The fraction of sp³-hybridized carbons (Fsp3) is 0.118. The molecular weight excluding hydrogens is 353 g/mol. The van der Waals surface area contributed by atoms with Gasteiger partial charge in [-0.15, -0.1) is 0 Å². The van der Waals surface area contributed by atoms with Crippen LogP contribution in [0.1, 0.15) is 5.56 Å². The molecule has 0 aliphatic carbocycles. The van der Waals surface area contributed by atoms with Gasteiger partial charge in [0.25, 0.3) is 0 Å². The molecule has 0 amide bonds. The minimum atomic E-state index is -4.38. The largest absolute Gasteiger partial charge is 0.416 e. The Bertz CT molecular complexity index is 1030. The van der Waals surface area contributed by atoms with E-state index < -0.39 is 21.6 Å². The summed E-state index contributed by atoms with van der Waals surface area (Å²) in [6, 6.07) is 12.5. The second kappa shape index (κ2) is 6.03. The SMILES string of the molecule is CS(=O)(=O)c1ccc2nc(Nc3ccc(C(F)(F)F)cc3)ccc2c1. The van der Waals surface area contributed by atoms with Crippen LogP contribution in [0, 0.1) is 0 Å². The van der Waals surface area contributed by atoms with Crippen molar-refractivity contribution < 1.29 is 21.6 Å². The Morgan fingerprint density at radius 2 is 1.64 bits per heavy atom. The van der Waals surface area contributed by atoms with Gasteiger partial charge in [-0.2, -0.15) is 13.2 Å². The molecule has 0 aliphatic heterocycles. The van der Waals surface area contributed by atoms with Gasteiger partial charge < -0.3 is 5.32 Å². The number of halogens is 3. The molecule has 0 saturated heterocycles. The number of hydrogen-bond acceptors (Lipinski definition) is 4. The molecule has 1 heterocycles. The van der Waals surface area contributed by atoms with E-state index in [1.54, 1.807) is 18.2 Å². The van der Waals surface area contributed by atoms with E-state index in [0.717, 1.165) is 18.4 Å². The Morgan fingerprint density at radius 3 is 2.24 bits per heavy atom.